The van der Waals surface area contributed by atoms with E-state index in [2.05, 4.69) is 4.74 Å². The van der Waals surface area contributed by atoms with Crippen LogP contribution in [-0.4, -0.2) is 28.4 Å². The van der Waals surface area contributed by atoms with Crippen LogP contribution in [0, 0.1) is 0 Å². The van der Waals surface area contributed by atoms with Gasteiger partial charge in [-0.2, -0.15) is 0 Å². The van der Waals surface area contributed by atoms with Crippen LogP contribution in [0.4, 0.5) is 4.79 Å². The third-order valence-corrected chi connectivity index (χ3v) is 2.54. The molecule has 1 saturated heterocycles. The Morgan fingerprint density at radius 3 is 3.00 bits per heavy atom. The summed E-state index contributed by atoms with van der Waals surface area (Å²) < 4.78 is 16.0. The van der Waals surface area contributed by atoms with Gasteiger partial charge in [0.2, 0.25) is 6.23 Å². The molecule has 17 heavy (non-hydrogen) atoms. The summed E-state index contributed by atoms with van der Waals surface area (Å²) >= 11 is 0. The van der Waals surface area contributed by atoms with Gasteiger partial charge < -0.3 is 19.0 Å². The summed E-state index contributed by atoms with van der Waals surface area (Å²) in [4.78, 5) is 22.0. The molecule has 1 aliphatic rings. The summed E-state index contributed by atoms with van der Waals surface area (Å²) in [5, 5.41) is 9.07. The van der Waals surface area contributed by atoms with Crippen molar-refractivity contribution in [3.63, 3.8) is 0 Å². The lowest BCUT2D eigenvalue weighted by Crippen LogP contribution is -2.16. The zero-order valence-electron chi connectivity index (χ0n) is 8.45. The van der Waals surface area contributed by atoms with Crippen molar-refractivity contribution in [3.8, 4) is 0 Å². The van der Waals surface area contributed by atoms with Crippen molar-refractivity contribution >= 4 is 23.2 Å². The highest BCUT2D eigenvalue weighted by molar-refractivity contribution is 5.93. The fraction of sp³-hybridized carbons (Fsp3) is 0.200. The van der Waals surface area contributed by atoms with Crippen molar-refractivity contribution in [1.29, 1.82) is 0 Å². The Kier molecular flexibility index (Phi) is 1.88. The maximum atomic E-state index is 11.1. The highest BCUT2D eigenvalue weighted by Crippen LogP contribution is 2.28. The summed E-state index contributed by atoms with van der Waals surface area (Å²) in [6.45, 7) is -0.0198. The van der Waals surface area contributed by atoms with Crippen LogP contribution in [0.1, 0.15) is 16.7 Å². The number of carbonyl (C=O) groups is 2. The number of hydrogen-bond donors (Lipinski definition) is 1. The minimum Gasteiger partial charge on any atom is -0.477 e. The molecule has 3 rings (SSSR count). The van der Waals surface area contributed by atoms with Crippen LogP contribution in [0.5, 0.6) is 0 Å². The number of ether oxygens (including phenoxy) is 2. The molecule has 1 N–H and O–H groups in total. The van der Waals surface area contributed by atoms with Crippen LogP contribution >= 0.6 is 0 Å². The van der Waals surface area contributed by atoms with Crippen molar-refractivity contribution < 1.29 is 28.6 Å². The van der Waals surface area contributed by atoms with Crippen LogP contribution in [-0.2, 0) is 9.47 Å². The average Bonchev–Trinajstić information content (AvgIpc) is 2.90. The summed E-state index contributed by atoms with van der Waals surface area (Å²) in [5.74, 6) is -1.13. The molecule has 88 valence electrons. The Bertz CT molecular complexity index is 609. The van der Waals surface area contributed by atoms with Gasteiger partial charge in [0, 0.05) is 12.1 Å². The number of carboxylic acid groups (broad SMARTS) is 1. The van der Waals surface area contributed by atoms with Gasteiger partial charge in [0.1, 0.15) is 5.69 Å². The van der Waals surface area contributed by atoms with E-state index in [0.717, 1.165) is 0 Å². The van der Waals surface area contributed by atoms with E-state index in [4.69, 9.17) is 14.3 Å². The first-order valence-corrected chi connectivity index (χ1v) is 4.82. The van der Waals surface area contributed by atoms with E-state index in [0.29, 0.717) is 11.1 Å². The Balaban J connectivity index is 2.17. The second-order valence-electron chi connectivity index (χ2n) is 3.51. The molecule has 0 amide bonds. The fourth-order valence-electron chi connectivity index (χ4n) is 1.87. The van der Waals surface area contributed by atoms with Crippen molar-refractivity contribution in [2.24, 2.45) is 0 Å². The third kappa shape index (κ3) is 1.36. The molecule has 0 aromatic carbocycles. The number of furan rings is 1. The number of carbonyl (C=O) groups excluding carboxylic acids is 1. The third-order valence-electron chi connectivity index (χ3n) is 2.54. The van der Waals surface area contributed by atoms with Gasteiger partial charge in [0.05, 0.1) is 11.8 Å². The maximum Gasteiger partial charge on any atom is 0.510 e. The highest BCUT2D eigenvalue weighted by Gasteiger charge is 2.31. The molecular formula is C10H7NO6. The molecule has 1 atom stereocenters. The van der Waals surface area contributed by atoms with E-state index >= 15 is 0 Å². The second-order valence-corrected chi connectivity index (χ2v) is 3.51. The first-order valence-electron chi connectivity index (χ1n) is 4.82. The van der Waals surface area contributed by atoms with E-state index in [-0.39, 0.29) is 12.3 Å². The fourth-order valence-corrected chi connectivity index (χ4v) is 1.87. The van der Waals surface area contributed by atoms with Crippen molar-refractivity contribution in [2.45, 2.75) is 6.23 Å². The van der Waals surface area contributed by atoms with Crippen LogP contribution in [0.25, 0.3) is 11.1 Å². The predicted octanol–water partition coefficient (Wildman–Crippen LogP) is 1.60. The Morgan fingerprint density at radius 1 is 1.53 bits per heavy atom. The number of aromatic nitrogens is 1. The van der Waals surface area contributed by atoms with Crippen LogP contribution in [0.15, 0.2) is 22.8 Å². The van der Waals surface area contributed by atoms with Gasteiger partial charge in [-0.3, -0.25) is 4.57 Å². The SMILES string of the molecule is O=C1OCC(n2c(C(=O)O)cc3occc32)O1. The molecule has 0 bridgehead atoms. The largest absolute Gasteiger partial charge is 0.510 e. The molecule has 7 heteroatoms. The molecule has 0 spiro atoms. The van der Waals surface area contributed by atoms with Gasteiger partial charge in [-0.1, -0.05) is 0 Å². The Morgan fingerprint density at radius 2 is 2.35 bits per heavy atom. The zero-order valence-corrected chi connectivity index (χ0v) is 8.45. The smallest absolute Gasteiger partial charge is 0.477 e. The van der Waals surface area contributed by atoms with E-state index in [9.17, 15) is 9.59 Å². The van der Waals surface area contributed by atoms with Crippen LogP contribution < -0.4 is 0 Å². The van der Waals surface area contributed by atoms with E-state index < -0.39 is 18.4 Å². The molecule has 1 fully saturated rings. The second kappa shape index (κ2) is 3.27. The summed E-state index contributed by atoms with van der Waals surface area (Å²) in [6.07, 6.45) is -0.148. The summed E-state index contributed by atoms with van der Waals surface area (Å²) in [5.41, 5.74) is 0.957. The predicted molar refractivity (Wildman–Crippen MR) is 52.6 cm³/mol. The number of nitrogens with zero attached hydrogens (tertiary/aromatic N) is 1. The number of cyclic esters (lactones) is 2. The lowest BCUT2D eigenvalue weighted by atomic mass is 10.4. The molecule has 1 aliphatic heterocycles. The topological polar surface area (TPSA) is 90.9 Å². The number of aromatic carboxylic acids is 1. The molecular weight excluding hydrogens is 230 g/mol. The first kappa shape index (κ1) is 9.76. The van der Waals surface area contributed by atoms with E-state index in [1.807, 2.05) is 0 Å². The number of hydrogen-bond acceptors (Lipinski definition) is 5. The van der Waals surface area contributed by atoms with Crippen LogP contribution in [0.3, 0.4) is 0 Å². The number of rotatable bonds is 2. The number of fused-ring (bicyclic) bond motifs is 1. The van der Waals surface area contributed by atoms with Gasteiger partial charge in [0.15, 0.2) is 12.2 Å². The first-order chi connectivity index (χ1) is 8.16. The number of carboxylic acids is 1. The van der Waals surface area contributed by atoms with Crippen molar-refractivity contribution in [2.75, 3.05) is 6.61 Å². The molecule has 3 heterocycles. The van der Waals surface area contributed by atoms with Crippen LogP contribution in [0.2, 0.25) is 0 Å². The Labute approximate surface area is 94.1 Å². The van der Waals surface area contributed by atoms with E-state index in [1.165, 1.54) is 16.9 Å². The zero-order chi connectivity index (χ0) is 12.0. The normalized spacial score (nSPS) is 19.3. The summed E-state index contributed by atoms with van der Waals surface area (Å²) in [6, 6.07) is 2.98. The molecule has 1 unspecified atom stereocenters. The van der Waals surface area contributed by atoms with Gasteiger partial charge in [0.25, 0.3) is 0 Å². The molecule has 2 aromatic heterocycles. The monoisotopic (exact) mass is 237 g/mol. The quantitative estimate of drug-likeness (QED) is 0.797. The van der Waals surface area contributed by atoms with Gasteiger partial charge in [-0.05, 0) is 0 Å². The average molecular weight is 237 g/mol. The molecule has 0 aliphatic carbocycles. The molecule has 7 nitrogen and oxygen atoms in total. The molecule has 0 radical (unpaired) electrons. The van der Waals surface area contributed by atoms with Gasteiger partial charge in [-0.15, -0.1) is 0 Å². The Hall–Kier alpha value is -2.44. The summed E-state index contributed by atoms with van der Waals surface area (Å²) in [7, 11) is 0. The van der Waals surface area contributed by atoms with Gasteiger partial charge >= 0.3 is 12.1 Å². The standard InChI is InChI=1S/C10H7NO6/c12-9(13)6-3-7-5(1-2-15-7)11(6)8-4-16-10(14)17-8/h1-3,8H,4H2,(H,12,13). The minimum absolute atomic E-state index is 0.0114. The lowest BCUT2D eigenvalue weighted by Gasteiger charge is -2.11. The lowest BCUT2D eigenvalue weighted by molar-refractivity contribution is 0.0644. The molecule has 2 aromatic rings. The minimum atomic E-state index is -1.13. The highest BCUT2D eigenvalue weighted by atomic mass is 16.8. The van der Waals surface area contributed by atoms with E-state index in [1.54, 1.807) is 6.07 Å². The molecule has 0 saturated carbocycles. The van der Waals surface area contributed by atoms with Crippen molar-refractivity contribution in [1.82, 2.24) is 4.57 Å². The van der Waals surface area contributed by atoms with Gasteiger partial charge in [-0.25, -0.2) is 9.59 Å². The van der Waals surface area contributed by atoms with Crippen molar-refractivity contribution in [3.05, 3.63) is 24.1 Å². The maximum absolute atomic E-state index is 11.1.